The van der Waals surface area contributed by atoms with Gasteiger partial charge in [0.05, 0.1) is 18.8 Å². The Kier molecular flexibility index (Phi) is 9.18. The highest BCUT2D eigenvalue weighted by Crippen LogP contribution is 2.48. The number of aliphatic hydroxyl groups excluding tert-OH is 5. The molecule has 0 bridgehead atoms. The third kappa shape index (κ3) is 6.20. The van der Waals surface area contributed by atoms with E-state index in [1.807, 2.05) is 48.5 Å². The number of rotatable bonds is 9. The smallest absolute Gasteiger partial charge is 0.128 e. The molecule has 2 fully saturated rings. The number of benzene rings is 4. The Labute approximate surface area is 261 Å². The molecule has 2 heterocycles. The maximum Gasteiger partial charge on any atom is 0.128 e. The molecule has 236 valence electrons. The zero-order chi connectivity index (χ0) is 31.7. The van der Waals surface area contributed by atoms with Gasteiger partial charge < -0.3 is 40.3 Å². The van der Waals surface area contributed by atoms with Crippen LogP contribution in [0.1, 0.15) is 47.8 Å². The molecule has 0 amide bonds. The van der Waals surface area contributed by atoms with Gasteiger partial charge in [-0.05, 0) is 59.9 Å². The zero-order valence-electron chi connectivity index (χ0n) is 24.6. The van der Waals surface area contributed by atoms with E-state index in [1.165, 1.54) is 6.07 Å². The molecular weight excluding hydrogens is 577 g/mol. The van der Waals surface area contributed by atoms with E-state index in [4.69, 9.17) is 4.74 Å². The number of anilines is 1. The van der Waals surface area contributed by atoms with Gasteiger partial charge in [-0.15, -0.1) is 0 Å². The summed E-state index contributed by atoms with van der Waals surface area (Å²) in [5.41, 5.74) is 4.06. The monoisotopic (exact) mass is 615 g/mol. The van der Waals surface area contributed by atoms with Gasteiger partial charge >= 0.3 is 0 Å². The van der Waals surface area contributed by atoms with Crippen LogP contribution >= 0.6 is 0 Å². The van der Waals surface area contributed by atoms with E-state index >= 15 is 0 Å². The minimum absolute atomic E-state index is 0.107. The van der Waals surface area contributed by atoms with Gasteiger partial charge in [0.1, 0.15) is 42.1 Å². The molecule has 0 saturated carbocycles. The number of para-hydroxylation sites is 1. The van der Waals surface area contributed by atoms with E-state index in [0.717, 1.165) is 28.9 Å². The summed E-state index contributed by atoms with van der Waals surface area (Å²) in [5, 5.41) is 62.8. The van der Waals surface area contributed by atoms with Crippen molar-refractivity contribution in [1.82, 2.24) is 0 Å². The molecule has 9 heteroatoms. The molecular formula is C36H38FNO7. The summed E-state index contributed by atoms with van der Waals surface area (Å²) in [4.78, 5) is 2.22. The number of hydrogen-bond acceptors (Lipinski definition) is 8. The maximum absolute atomic E-state index is 14.3. The van der Waals surface area contributed by atoms with Gasteiger partial charge in [0.2, 0.25) is 0 Å². The summed E-state index contributed by atoms with van der Waals surface area (Å²) in [6, 6.07) is 28.7. The predicted octanol–water partition coefficient (Wildman–Crippen LogP) is 4.40. The van der Waals surface area contributed by atoms with Crippen LogP contribution in [0.3, 0.4) is 0 Å². The Bertz CT molecular complexity index is 1600. The molecule has 4 aromatic rings. The number of halogens is 1. The highest BCUT2D eigenvalue weighted by molar-refractivity contribution is 5.68. The van der Waals surface area contributed by atoms with Gasteiger partial charge in [-0.1, -0.05) is 66.7 Å². The van der Waals surface area contributed by atoms with Crippen LogP contribution in [0.4, 0.5) is 10.1 Å². The molecule has 2 aliphatic heterocycles. The summed E-state index contributed by atoms with van der Waals surface area (Å²) in [6.07, 6.45) is -6.22. The second-order valence-electron chi connectivity index (χ2n) is 12.0. The van der Waals surface area contributed by atoms with E-state index < -0.39 is 49.0 Å². The van der Waals surface area contributed by atoms with Gasteiger partial charge in [-0.3, -0.25) is 0 Å². The van der Waals surface area contributed by atoms with Crippen LogP contribution in [0.25, 0.3) is 11.1 Å². The van der Waals surface area contributed by atoms with Crippen molar-refractivity contribution in [2.45, 2.75) is 55.5 Å². The molecule has 6 rings (SSSR count). The fraction of sp³-hybridized carbons (Fsp3) is 0.333. The van der Waals surface area contributed by atoms with Crippen molar-refractivity contribution in [3.8, 4) is 16.9 Å². The predicted molar refractivity (Wildman–Crippen MR) is 167 cm³/mol. The first-order chi connectivity index (χ1) is 21.8. The maximum atomic E-state index is 14.3. The van der Waals surface area contributed by atoms with Crippen LogP contribution in [0.2, 0.25) is 0 Å². The fourth-order valence-electron chi connectivity index (χ4n) is 6.66. The van der Waals surface area contributed by atoms with Crippen LogP contribution in [-0.2, 0) is 4.74 Å². The van der Waals surface area contributed by atoms with Crippen molar-refractivity contribution in [3.63, 3.8) is 0 Å². The largest absolute Gasteiger partial charge is 0.508 e. The first-order valence-corrected chi connectivity index (χ1v) is 15.2. The van der Waals surface area contributed by atoms with E-state index in [-0.39, 0.29) is 23.3 Å². The minimum atomic E-state index is -1.48. The van der Waals surface area contributed by atoms with Crippen LogP contribution in [0.5, 0.6) is 5.75 Å². The number of phenols is 1. The molecule has 2 saturated heterocycles. The average molecular weight is 616 g/mol. The molecule has 8 nitrogen and oxygen atoms in total. The summed E-state index contributed by atoms with van der Waals surface area (Å²) in [6.45, 7) is 0.210. The summed E-state index contributed by atoms with van der Waals surface area (Å²) in [7, 11) is 0. The zero-order valence-corrected chi connectivity index (χ0v) is 24.6. The SMILES string of the molecule is OC[C@H]1O[C@@H](c2cccc(-c3ccc([C@@H]4[C@H](CC[C@H](O)c5ccccc5F)CN4c4ccccc4)c(O)c3)c2)[C@H](O)[C@@H](O)[C@@H]1O. The summed E-state index contributed by atoms with van der Waals surface area (Å²) >= 11 is 0. The normalized spacial score (nSPS) is 27.2. The Hall–Kier alpha value is -3.83. The lowest BCUT2D eigenvalue weighted by atomic mass is 9.78. The van der Waals surface area contributed by atoms with Crippen LogP contribution in [-0.4, -0.2) is 68.2 Å². The number of hydrogen-bond donors (Lipinski definition) is 6. The quantitative estimate of drug-likeness (QED) is 0.163. The molecule has 45 heavy (non-hydrogen) atoms. The highest BCUT2D eigenvalue weighted by atomic mass is 19.1. The number of aliphatic hydroxyl groups is 5. The van der Waals surface area contributed by atoms with Crippen molar-refractivity contribution < 1.29 is 39.8 Å². The third-order valence-corrected chi connectivity index (χ3v) is 9.17. The van der Waals surface area contributed by atoms with Crippen LogP contribution in [0, 0.1) is 11.7 Å². The van der Waals surface area contributed by atoms with Gasteiger partial charge in [0.25, 0.3) is 0 Å². The van der Waals surface area contributed by atoms with Gasteiger partial charge in [0.15, 0.2) is 0 Å². The Balaban J connectivity index is 1.24. The second kappa shape index (κ2) is 13.3. The molecule has 6 N–H and O–H groups in total. The van der Waals surface area contributed by atoms with Crippen molar-refractivity contribution in [1.29, 1.82) is 0 Å². The highest BCUT2D eigenvalue weighted by Gasteiger charge is 2.44. The van der Waals surface area contributed by atoms with E-state index in [2.05, 4.69) is 4.90 Å². The van der Waals surface area contributed by atoms with Crippen molar-refractivity contribution >= 4 is 5.69 Å². The van der Waals surface area contributed by atoms with Gasteiger partial charge in [-0.25, -0.2) is 4.39 Å². The Morgan fingerprint density at radius 3 is 2.29 bits per heavy atom. The Morgan fingerprint density at radius 1 is 0.822 bits per heavy atom. The molecule has 8 atom stereocenters. The first kappa shape index (κ1) is 31.2. The summed E-state index contributed by atoms with van der Waals surface area (Å²) < 4.78 is 20.0. The van der Waals surface area contributed by atoms with E-state index in [0.29, 0.717) is 18.4 Å². The Morgan fingerprint density at radius 2 is 1.56 bits per heavy atom. The first-order valence-electron chi connectivity index (χ1n) is 15.2. The van der Waals surface area contributed by atoms with Crippen molar-refractivity contribution in [2.24, 2.45) is 5.92 Å². The van der Waals surface area contributed by atoms with Gasteiger partial charge in [-0.2, -0.15) is 0 Å². The van der Waals surface area contributed by atoms with Crippen molar-refractivity contribution in [3.05, 3.63) is 120 Å². The number of aromatic hydroxyl groups is 1. The number of phenolic OH excluding ortho intramolecular Hbond substituents is 1. The van der Waals surface area contributed by atoms with E-state index in [1.54, 1.807) is 42.5 Å². The molecule has 0 radical (unpaired) electrons. The molecule has 0 aromatic heterocycles. The number of nitrogens with zero attached hydrogens (tertiary/aromatic N) is 1. The molecule has 2 aliphatic rings. The molecule has 0 unspecified atom stereocenters. The third-order valence-electron chi connectivity index (χ3n) is 9.17. The van der Waals surface area contributed by atoms with E-state index in [9.17, 15) is 35.0 Å². The lowest BCUT2D eigenvalue weighted by Gasteiger charge is -2.50. The molecule has 0 aliphatic carbocycles. The van der Waals surface area contributed by atoms with Crippen LogP contribution < -0.4 is 4.90 Å². The lowest BCUT2D eigenvalue weighted by Crippen LogP contribution is -2.55. The number of ether oxygens (including phenoxy) is 1. The molecule has 4 aromatic carbocycles. The summed E-state index contributed by atoms with van der Waals surface area (Å²) in [5.74, 6) is -0.209. The minimum Gasteiger partial charge on any atom is -0.508 e. The van der Waals surface area contributed by atoms with Crippen LogP contribution in [0.15, 0.2) is 97.1 Å². The molecule has 0 spiro atoms. The van der Waals surface area contributed by atoms with Crippen molar-refractivity contribution in [2.75, 3.05) is 18.1 Å². The topological polar surface area (TPSA) is 134 Å². The average Bonchev–Trinajstić information content (AvgIpc) is 3.05. The second-order valence-corrected chi connectivity index (χ2v) is 12.0. The lowest BCUT2D eigenvalue weighted by molar-refractivity contribution is -0.231. The standard InChI is InChI=1S/C36H38FNO7/c37-28-12-5-4-11-26(28)29(40)16-14-24-19-38(25-9-2-1-3-10-25)32(24)27-15-13-22(18-30(27)41)21-7-6-8-23(17-21)36-35(44)34(43)33(42)31(20-39)45-36/h1-13,15,17-18,24,29,31-36,39-44H,14,16,19-20H2/t24-,29+,31-,32+,33-,34+,35-,36+/m1/s1. The fourth-order valence-corrected chi connectivity index (χ4v) is 6.66. The van der Waals surface area contributed by atoms with Gasteiger partial charge in [0, 0.05) is 29.3 Å².